The number of nitrogens with zero attached hydrogens (tertiary/aromatic N) is 2. The average molecular weight is 500 g/mol. The van der Waals surface area contributed by atoms with Crippen molar-refractivity contribution < 1.29 is 14.3 Å². The van der Waals surface area contributed by atoms with Gasteiger partial charge in [0.15, 0.2) is 10.8 Å². The van der Waals surface area contributed by atoms with E-state index < -0.39 is 5.91 Å². The minimum absolute atomic E-state index is 0.166. The van der Waals surface area contributed by atoms with Gasteiger partial charge in [-0.15, -0.1) is 11.3 Å². The molecule has 2 aromatic heterocycles. The smallest absolute Gasteiger partial charge is 0.341 e. The lowest BCUT2D eigenvalue weighted by Gasteiger charge is -2.18. The van der Waals surface area contributed by atoms with Crippen molar-refractivity contribution in [2.24, 2.45) is 13.0 Å². The van der Waals surface area contributed by atoms with Gasteiger partial charge in [-0.25, -0.2) is 4.79 Å². The number of thiocarbonyl (C=S) groups is 1. The predicted molar refractivity (Wildman–Crippen MR) is 119 cm³/mol. The number of hydrogen-bond donors (Lipinski definition) is 3. The van der Waals surface area contributed by atoms with E-state index in [2.05, 4.69) is 44.1 Å². The number of halogens is 1. The molecular formula is C18H22BrN5O3S2. The molecule has 1 atom stereocenters. The molecule has 156 valence electrons. The normalized spacial score (nSPS) is 15.4. The Balaban J connectivity index is 1.71. The molecule has 3 N–H and O–H groups in total. The van der Waals surface area contributed by atoms with Crippen LogP contribution in [0.15, 0.2) is 4.47 Å². The Bertz CT molecular complexity index is 985. The van der Waals surface area contributed by atoms with Crippen LogP contribution in [-0.2, 0) is 24.6 Å². The molecule has 0 radical (unpaired) electrons. The van der Waals surface area contributed by atoms with E-state index in [4.69, 9.17) is 17.0 Å². The van der Waals surface area contributed by atoms with Crippen LogP contribution in [-0.4, -0.2) is 33.9 Å². The lowest BCUT2D eigenvalue weighted by molar-refractivity contribution is 0.0600. The number of esters is 1. The van der Waals surface area contributed by atoms with Crippen LogP contribution in [0.1, 0.15) is 50.3 Å². The topological polar surface area (TPSA) is 97.3 Å². The number of hydrogen-bond acceptors (Lipinski definition) is 6. The maximum absolute atomic E-state index is 12.4. The van der Waals surface area contributed by atoms with Crippen LogP contribution < -0.4 is 16.2 Å². The number of amides is 1. The Morgan fingerprint density at radius 3 is 2.72 bits per heavy atom. The Morgan fingerprint density at radius 2 is 2.10 bits per heavy atom. The number of rotatable bonds is 3. The zero-order chi connectivity index (χ0) is 21.3. The first-order valence-electron chi connectivity index (χ1n) is 9.02. The second kappa shape index (κ2) is 8.80. The van der Waals surface area contributed by atoms with Gasteiger partial charge in [0, 0.05) is 11.9 Å². The van der Waals surface area contributed by atoms with Crippen LogP contribution in [0.4, 0.5) is 5.00 Å². The summed E-state index contributed by atoms with van der Waals surface area (Å²) in [6.45, 7) is 4.05. The molecule has 0 bridgehead atoms. The molecule has 1 amide bonds. The van der Waals surface area contributed by atoms with Crippen molar-refractivity contribution in [1.29, 1.82) is 0 Å². The van der Waals surface area contributed by atoms with E-state index in [-0.39, 0.29) is 16.8 Å². The molecule has 0 unspecified atom stereocenters. The summed E-state index contributed by atoms with van der Waals surface area (Å²) in [7, 11) is 3.12. The summed E-state index contributed by atoms with van der Waals surface area (Å²) < 4.78 is 7.19. The summed E-state index contributed by atoms with van der Waals surface area (Å²) in [6, 6.07) is 0. The number of hydrazine groups is 1. The lowest BCUT2D eigenvalue weighted by atomic mass is 9.88. The number of methoxy groups -OCH3 is 1. The van der Waals surface area contributed by atoms with E-state index in [1.54, 1.807) is 11.7 Å². The monoisotopic (exact) mass is 499 g/mol. The molecular weight excluding hydrogens is 478 g/mol. The fourth-order valence-corrected chi connectivity index (χ4v) is 5.33. The maximum atomic E-state index is 12.4. The van der Waals surface area contributed by atoms with Crippen LogP contribution >= 0.6 is 39.5 Å². The Morgan fingerprint density at radius 1 is 1.38 bits per heavy atom. The van der Waals surface area contributed by atoms with Crippen LogP contribution in [0.5, 0.6) is 0 Å². The average Bonchev–Trinajstić information content (AvgIpc) is 3.16. The van der Waals surface area contributed by atoms with E-state index in [9.17, 15) is 9.59 Å². The van der Waals surface area contributed by atoms with Gasteiger partial charge in [0.05, 0.1) is 22.8 Å². The molecule has 2 heterocycles. The van der Waals surface area contributed by atoms with Crippen molar-refractivity contribution in [3.05, 3.63) is 31.9 Å². The highest BCUT2D eigenvalue weighted by Gasteiger charge is 2.28. The fourth-order valence-electron chi connectivity index (χ4n) is 3.19. The highest BCUT2D eigenvalue weighted by molar-refractivity contribution is 9.10. The molecule has 2 aromatic rings. The number of carbonyl (C=O) groups excluding carboxylic acids is 2. The maximum Gasteiger partial charge on any atom is 0.341 e. The van der Waals surface area contributed by atoms with E-state index >= 15 is 0 Å². The van der Waals surface area contributed by atoms with E-state index in [1.165, 1.54) is 23.3 Å². The first-order chi connectivity index (χ1) is 13.7. The van der Waals surface area contributed by atoms with Crippen molar-refractivity contribution in [3.63, 3.8) is 0 Å². The van der Waals surface area contributed by atoms with Gasteiger partial charge in [-0.2, -0.15) is 5.10 Å². The number of thiophene rings is 1. The molecule has 1 aliphatic carbocycles. The van der Waals surface area contributed by atoms with E-state index in [0.717, 1.165) is 30.5 Å². The number of ether oxygens (including phenoxy) is 1. The first-order valence-corrected chi connectivity index (χ1v) is 11.0. The highest BCUT2D eigenvalue weighted by Crippen LogP contribution is 2.40. The second-order valence-corrected chi connectivity index (χ2v) is 9.26. The quantitative estimate of drug-likeness (QED) is 0.339. The van der Waals surface area contributed by atoms with Gasteiger partial charge >= 0.3 is 5.97 Å². The highest BCUT2D eigenvalue weighted by atomic mass is 79.9. The largest absolute Gasteiger partial charge is 0.465 e. The third kappa shape index (κ3) is 4.46. The first kappa shape index (κ1) is 21.7. The summed E-state index contributed by atoms with van der Waals surface area (Å²) in [5.41, 5.74) is 7.82. The number of aromatic nitrogens is 2. The fraction of sp³-hybridized carbons (Fsp3) is 0.444. The lowest BCUT2D eigenvalue weighted by Crippen LogP contribution is -2.44. The van der Waals surface area contributed by atoms with Crippen molar-refractivity contribution in [3.8, 4) is 0 Å². The number of nitrogens with one attached hydrogen (secondary N) is 3. The van der Waals surface area contributed by atoms with Gasteiger partial charge in [0.25, 0.3) is 5.91 Å². The standard InChI is InChI=1S/C18H22BrN5O3S2/c1-8-5-6-10-11(7-8)29-16(12(10)17(26)27-4)20-18(28)22-21-15(25)14-13(19)9(2)24(3)23-14/h8H,5-7H2,1-4H3,(H,21,25)(H2,20,22,28)/t8-/m0/s1. The van der Waals surface area contributed by atoms with E-state index in [0.29, 0.717) is 21.0 Å². The van der Waals surface area contributed by atoms with Gasteiger partial charge < -0.3 is 10.1 Å². The number of anilines is 1. The minimum Gasteiger partial charge on any atom is -0.465 e. The molecule has 0 fully saturated rings. The summed E-state index contributed by atoms with van der Waals surface area (Å²) in [5.74, 6) is -0.249. The zero-order valence-corrected chi connectivity index (χ0v) is 19.7. The van der Waals surface area contributed by atoms with Gasteiger partial charge in [0.2, 0.25) is 0 Å². The molecule has 0 saturated carbocycles. The molecule has 0 spiro atoms. The summed E-state index contributed by atoms with van der Waals surface area (Å²) >= 11 is 10.2. The molecule has 29 heavy (non-hydrogen) atoms. The molecule has 0 saturated heterocycles. The van der Waals surface area contributed by atoms with Gasteiger partial charge in [0.1, 0.15) is 5.00 Å². The van der Waals surface area contributed by atoms with Gasteiger partial charge in [-0.3, -0.25) is 20.3 Å². The van der Waals surface area contributed by atoms with E-state index in [1.807, 2.05) is 6.92 Å². The van der Waals surface area contributed by atoms with Crippen molar-refractivity contribution in [2.75, 3.05) is 12.4 Å². The SMILES string of the molecule is COC(=O)c1c(NC(=S)NNC(=O)c2nn(C)c(C)c2Br)sc2c1CC[C@H](C)C2. The Labute approximate surface area is 186 Å². The molecule has 0 aliphatic heterocycles. The number of fused-ring (bicyclic) bond motifs is 1. The molecule has 0 aromatic carbocycles. The van der Waals surface area contributed by atoms with Crippen molar-refractivity contribution in [2.45, 2.75) is 33.1 Å². The number of carbonyl (C=O) groups is 2. The van der Waals surface area contributed by atoms with Gasteiger partial charge in [-0.05, 0) is 65.8 Å². The molecule has 1 aliphatic rings. The molecule has 3 rings (SSSR count). The van der Waals surface area contributed by atoms with Crippen LogP contribution in [0.2, 0.25) is 0 Å². The third-order valence-electron chi connectivity index (χ3n) is 4.89. The minimum atomic E-state index is -0.433. The van der Waals surface area contributed by atoms with Crippen molar-refractivity contribution in [1.82, 2.24) is 20.6 Å². The van der Waals surface area contributed by atoms with Crippen LogP contribution in [0.3, 0.4) is 0 Å². The predicted octanol–water partition coefficient (Wildman–Crippen LogP) is 3.10. The Kier molecular flexibility index (Phi) is 6.59. The summed E-state index contributed by atoms with van der Waals surface area (Å²) in [5, 5.41) is 7.98. The Hall–Kier alpha value is -1.98. The number of aryl methyl sites for hydroxylation is 1. The van der Waals surface area contributed by atoms with Crippen molar-refractivity contribution >= 4 is 61.5 Å². The zero-order valence-electron chi connectivity index (χ0n) is 16.5. The van der Waals surface area contributed by atoms with Gasteiger partial charge in [-0.1, -0.05) is 6.92 Å². The van der Waals surface area contributed by atoms with Crippen LogP contribution in [0.25, 0.3) is 0 Å². The molecule has 8 nitrogen and oxygen atoms in total. The van der Waals surface area contributed by atoms with Crippen LogP contribution in [0, 0.1) is 12.8 Å². The second-order valence-electron chi connectivity index (χ2n) is 6.95. The summed E-state index contributed by atoms with van der Waals surface area (Å²) in [6.07, 6.45) is 2.79. The summed E-state index contributed by atoms with van der Waals surface area (Å²) in [4.78, 5) is 25.9. The third-order valence-corrected chi connectivity index (χ3v) is 7.22. The molecule has 11 heteroatoms.